The zero-order valence-electron chi connectivity index (χ0n) is 10.1. The van der Waals surface area contributed by atoms with E-state index in [0.29, 0.717) is 10.2 Å². The fourth-order valence-corrected chi connectivity index (χ4v) is 1.89. The van der Waals surface area contributed by atoms with E-state index in [4.69, 9.17) is 9.52 Å². The molecule has 2 aromatic rings. The number of furan rings is 1. The number of halogens is 1. The van der Waals surface area contributed by atoms with E-state index in [1.54, 1.807) is 6.07 Å². The smallest absolute Gasteiger partial charge is 0.307 e. The van der Waals surface area contributed by atoms with Crippen LogP contribution in [0.2, 0.25) is 0 Å². The molecule has 7 heteroatoms. The zero-order chi connectivity index (χ0) is 14.7. The number of carboxylic acids is 1. The standard InChI is InChI=1S/C13H10BrNO5/c14-11-4-3-10(20-11)13(19)15-8-5-7(6-12(17)18)1-2-9(8)16/h1-5,16H,6H2,(H,15,19)(H,17,18). The zero-order valence-corrected chi connectivity index (χ0v) is 11.7. The number of carboxylic acid groups (broad SMARTS) is 1. The molecule has 1 amide bonds. The molecule has 1 aromatic heterocycles. The molecule has 0 saturated carbocycles. The minimum Gasteiger partial charge on any atom is -0.506 e. The number of amides is 1. The van der Waals surface area contributed by atoms with Crippen molar-refractivity contribution in [2.45, 2.75) is 6.42 Å². The lowest BCUT2D eigenvalue weighted by Crippen LogP contribution is -2.11. The largest absolute Gasteiger partial charge is 0.506 e. The summed E-state index contributed by atoms with van der Waals surface area (Å²) in [6, 6.07) is 7.24. The molecule has 1 aromatic carbocycles. The van der Waals surface area contributed by atoms with Gasteiger partial charge in [0.05, 0.1) is 12.1 Å². The molecule has 0 bridgehead atoms. The van der Waals surface area contributed by atoms with E-state index >= 15 is 0 Å². The van der Waals surface area contributed by atoms with Crippen molar-refractivity contribution in [1.29, 1.82) is 0 Å². The summed E-state index contributed by atoms with van der Waals surface area (Å²) in [6.07, 6.45) is -0.199. The average molecular weight is 340 g/mol. The molecule has 1 heterocycles. The van der Waals surface area contributed by atoms with Crippen LogP contribution in [0.5, 0.6) is 5.75 Å². The molecule has 2 rings (SSSR count). The van der Waals surface area contributed by atoms with Gasteiger partial charge in [0.1, 0.15) is 5.75 Å². The van der Waals surface area contributed by atoms with Crippen molar-refractivity contribution < 1.29 is 24.2 Å². The van der Waals surface area contributed by atoms with Gasteiger partial charge in [-0.2, -0.15) is 0 Å². The molecule has 0 aliphatic rings. The Morgan fingerprint density at radius 2 is 2.00 bits per heavy atom. The number of anilines is 1. The Hall–Kier alpha value is -2.28. The summed E-state index contributed by atoms with van der Waals surface area (Å²) < 4.78 is 5.49. The molecule has 0 aliphatic carbocycles. The minimum atomic E-state index is -0.997. The van der Waals surface area contributed by atoms with Crippen LogP contribution in [0.4, 0.5) is 5.69 Å². The second kappa shape index (κ2) is 5.79. The van der Waals surface area contributed by atoms with Crippen molar-refractivity contribution >= 4 is 33.5 Å². The molecule has 6 nitrogen and oxygen atoms in total. The Bertz CT molecular complexity index is 665. The Kier molecular flexibility index (Phi) is 4.09. The Balaban J connectivity index is 2.19. The van der Waals surface area contributed by atoms with E-state index < -0.39 is 11.9 Å². The van der Waals surface area contributed by atoms with Gasteiger partial charge in [0, 0.05) is 0 Å². The van der Waals surface area contributed by atoms with E-state index in [9.17, 15) is 14.7 Å². The lowest BCUT2D eigenvalue weighted by atomic mass is 10.1. The highest BCUT2D eigenvalue weighted by atomic mass is 79.9. The fraction of sp³-hybridized carbons (Fsp3) is 0.0769. The molecule has 20 heavy (non-hydrogen) atoms. The number of phenols is 1. The first-order chi connectivity index (χ1) is 9.45. The van der Waals surface area contributed by atoms with E-state index in [2.05, 4.69) is 21.2 Å². The second-order valence-corrected chi connectivity index (χ2v) is 4.76. The number of carbonyl (C=O) groups is 2. The highest BCUT2D eigenvalue weighted by Gasteiger charge is 2.13. The SMILES string of the molecule is O=C(O)Cc1ccc(O)c(NC(=O)c2ccc(Br)o2)c1. The predicted octanol–water partition coefficient (Wildman–Crippen LogP) is 2.63. The quantitative estimate of drug-likeness (QED) is 0.743. The van der Waals surface area contributed by atoms with Crippen LogP contribution in [0.1, 0.15) is 16.1 Å². The summed E-state index contributed by atoms with van der Waals surface area (Å²) in [4.78, 5) is 22.5. The van der Waals surface area contributed by atoms with Crippen molar-refractivity contribution in [2.24, 2.45) is 0 Å². The molecule has 0 radical (unpaired) electrons. The lowest BCUT2D eigenvalue weighted by molar-refractivity contribution is -0.136. The van der Waals surface area contributed by atoms with Crippen LogP contribution in [0, 0.1) is 0 Å². The first kappa shape index (κ1) is 14.1. The maximum atomic E-state index is 11.9. The number of aliphatic carboxylic acids is 1. The van der Waals surface area contributed by atoms with Crippen LogP contribution < -0.4 is 5.32 Å². The van der Waals surface area contributed by atoms with Crippen LogP contribution in [0.15, 0.2) is 39.4 Å². The van der Waals surface area contributed by atoms with Crippen LogP contribution in [0.25, 0.3) is 0 Å². The number of hydrogen-bond acceptors (Lipinski definition) is 4. The van der Waals surface area contributed by atoms with E-state index in [1.165, 1.54) is 24.3 Å². The van der Waals surface area contributed by atoms with Crippen molar-refractivity contribution in [3.05, 3.63) is 46.3 Å². The van der Waals surface area contributed by atoms with Crippen molar-refractivity contribution in [3.8, 4) is 5.75 Å². The van der Waals surface area contributed by atoms with Gasteiger partial charge < -0.3 is 19.9 Å². The first-order valence-electron chi connectivity index (χ1n) is 5.56. The molecular weight excluding hydrogens is 330 g/mol. The summed E-state index contributed by atoms with van der Waals surface area (Å²) in [5, 5.41) is 20.8. The summed E-state index contributed by atoms with van der Waals surface area (Å²) in [7, 11) is 0. The number of phenolic OH excluding ortho intramolecular Hbond substituents is 1. The van der Waals surface area contributed by atoms with Gasteiger partial charge in [-0.3, -0.25) is 9.59 Å². The van der Waals surface area contributed by atoms with Crippen LogP contribution in [-0.2, 0) is 11.2 Å². The normalized spacial score (nSPS) is 10.2. The third kappa shape index (κ3) is 3.39. The molecule has 0 saturated heterocycles. The van der Waals surface area contributed by atoms with Crippen LogP contribution >= 0.6 is 15.9 Å². The number of benzene rings is 1. The van der Waals surface area contributed by atoms with E-state index in [-0.39, 0.29) is 23.6 Å². The van der Waals surface area contributed by atoms with Crippen molar-refractivity contribution in [1.82, 2.24) is 0 Å². The third-order valence-electron chi connectivity index (χ3n) is 2.46. The molecule has 0 fully saturated rings. The first-order valence-corrected chi connectivity index (χ1v) is 6.35. The number of hydrogen-bond donors (Lipinski definition) is 3. The van der Waals surface area contributed by atoms with Crippen LogP contribution in [-0.4, -0.2) is 22.1 Å². The molecule has 0 spiro atoms. The highest BCUT2D eigenvalue weighted by Crippen LogP contribution is 2.25. The number of carbonyl (C=O) groups excluding carboxylic acids is 1. The number of aromatic hydroxyl groups is 1. The number of nitrogens with one attached hydrogen (secondary N) is 1. The Morgan fingerprint density at radius 3 is 2.60 bits per heavy atom. The maximum absolute atomic E-state index is 11.9. The van der Waals surface area contributed by atoms with E-state index in [0.717, 1.165) is 0 Å². The second-order valence-electron chi connectivity index (χ2n) is 3.98. The summed E-state index contributed by atoms with van der Waals surface area (Å²) >= 11 is 3.08. The Morgan fingerprint density at radius 1 is 1.25 bits per heavy atom. The minimum absolute atomic E-state index is 0.0694. The monoisotopic (exact) mass is 339 g/mol. The van der Waals surface area contributed by atoms with Gasteiger partial charge in [-0.15, -0.1) is 0 Å². The van der Waals surface area contributed by atoms with Gasteiger partial charge in [0.15, 0.2) is 10.4 Å². The van der Waals surface area contributed by atoms with Gasteiger partial charge >= 0.3 is 5.97 Å². The van der Waals surface area contributed by atoms with Gasteiger partial charge in [0.25, 0.3) is 5.91 Å². The van der Waals surface area contributed by atoms with Crippen molar-refractivity contribution in [3.63, 3.8) is 0 Å². The summed E-state index contributed by atoms with van der Waals surface area (Å²) in [5.74, 6) is -1.63. The van der Waals surface area contributed by atoms with Crippen molar-refractivity contribution in [2.75, 3.05) is 5.32 Å². The Labute approximate surface area is 122 Å². The average Bonchev–Trinajstić information content (AvgIpc) is 2.79. The predicted molar refractivity (Wildman–Crippen MR) is 73.8 cm³/mol. The van der Waals surface area contributed by atoms with Crippen LogP contribution in [0.3, 0.4) is 0 Å². The number of rotatable bonds is 4. The lowest BCUT2D eigenvalue weighted by Gasteiger charge is -2.07. The molecule has 0 aliphatic heterocycles. The highest BCUT2D eigenvalue weighted by molar-refractivity contribution is 9.10. The topological polar surface area (TPSA) is 99.8 Å². The molecule has 3 N–H and O–H groups in total. The maximum Gasteiger partial charge on any atom is 0.307 e. The van der Waals surface area contributed by atoms with Gasteiger partial charge in [-0.1, -0.05) is 6.07 Å². The molecule has 0 atom stereocenters. The van der Waals surface area contributed by atoms with E-state index in [1.807, 2.05) is 0 Å². The van der Waals surface area contributed by atoms with Gasteiger partial charge in [-0.25, -0.2) is 0 Å². The molecule has 0 unspecified atom stereocenters. The summed E-state index contributed by atoms with van der Waals surface area (Å²) in [5.41, 5.74) is 0.590. The summed E-state index contributed by atoms with van der Waals surface area (Å²) in [6.45, 7) is 0. The molecule has 104 valence electrons. The van der Waals surface area contributed by atoms with Gasteiger partial charge in [0.2, 0.25) is 0 Å². The third-order valence-corrected chi connectivity index (χ3v) is 2.89. The fourth-order valence-electron chi connectivity index (χ4n) is 1.59. The molecular formula is C13H10BrNO5. The van der Waals surface area contributed by atoms with Gasteiger partial charge in [-0.05, 0) is 45.8 Å².